The van der Waals surface area contributed by atoms with Gasteiger partial charge in [-0.25, -0.2) is 0 Å². The van der Waals surface area contributed by atoms with Gasteiger partial charge in [-0.15, -0.1) is 0 Å². The summed E-state index contributed by atoms with van der Waals surface area (Å²) in [4.78, 5) is 2.28. The average Bonchev–Trinajstić information content (AvgIpc) is 1.91. The Morgan fingerprint density at radius 1 is 1.71 bits per heavy atom. The summed E-state index contributed by atoms with van der Waals surface area (Å²) in [6.45, 7) is 0. The number of hydrogen-bond donors (Lipinski definition) is 2. The number of nitrogens with one attached hydrogen (secondary N) is 1. The second kappa shape index (κ2) is 1.26. The van der Waals surface area contributed by atoms with Crippen LogP contribution in [0.1, 0.15) is 0 Å². The van der Waals surface area contributed by atoms with Crippen molar-refractivity contribution in [3.63, 3.8) is 0 Å². The standard InChI is InChI=1S/C4H5FN2/c5-4-3(6)1-2-7-4/h1-2,7H,6H2. The third-order valence-electron chi connectivity index (χ3n) is 0.726. The smallest absolute Gasteiger partial charge is 0.214 e. The van der Waals surface area contributed by atoms with Crippen molar-refractivity contribution in [3.05, 3.63) is 18.2 Å². The van der Waals surface area contributed by atoms with E-state index in [1.54, 1.807) is 0 Å². The highest BCUT2D eigenvalue weighted by Crippen LogP contribution is 2.03. The fraction of sp³-hybridized carbons (Fsp3) is 0. The minimum atomic E-state index is -0.458. The van der Waals surface area contributed by atoms with Crippen LogP contribution in [-0.4, -0.2) is 4.98 Å². The molecule has 2 nitrogen and oxygen atoms in total. The molecule has 3 N–H and O–H groups in total. The van der Waals surface area contributed by atoms with Gasteiger partial charge in [0.05, 0.1) is 5.69 Å². The topological polar surface area (TPSA) is 41.8 Å². The van der Waals surface area contributed by atoms with Gasteiger partial charge in [-0.2, -0.15) is 4.39 Å². The fourth-order valence-corrected chi connectivity index (χ4v) is 0.361. The van der Waals surface area contributed by atoms with Gasteiger partial charge < -0.3 is 10.7 Å². The van der Waals surface area contributed by atoms with Crippen molar-refractivity contribution in [1.29, 1.82) is 0 Å². The van der Waals surface area contributed by atoms with E-state index in [1.165, 1.54) is 12.3 Å². The van der Waals surface area contributed by atoms with E-state index in [4.69, 9.17) is 5.73 Å². The molecule has 0 spiro atoms. The number of nitrogen functional groups attached to an aromatic ring is 1. The van der Waals surface area contributed by atoms with E-state index < -0.39 is 5.95 Å². The van der Waals surface area contributed by atoms with Gasteiger partial charge in [0.2, 0.25) is 5.95 Å². The lowest BCUT2D eigenvalue weighted by molar-refractivity contribution is 0.596. The predicted octanol–water partition coefficient (Wildman–Crippen LogP) is 0.736. The molecule has 38 valence electrons. The number of aromatic amines is 1. The zero-order chi connectivity index (χ0) is 5.28. The number of aromatic nitrogens is 1. The number of halogens is 1. The molecule has 1 heterocycles. The molecule has 1 rings (SSSR count). The van der Waals surface area contributed by atoms with E-state index in [-0.39, 0.29) is 5.69 Å². The van der Waals surface area contributed by atoms with Crippen molar-refractivity contribution in [1.82, 2.24) is 4.98 Å². The SMILES string of the molecule is Nc1cc[nH]c1F. The van der Waals surface area contributed by atoms with Crippen LogP contribution < -0.4 is 5.73 Å². The molecule has 0 amide bonds. The zero-order valence-corrected chi connectivity index (χ0v) is 3.61. The Hall–Kier alpha value is -0.990. The monoisotopic (exact) mass is 100 g/mol. The van der Waals surface area contributed by atoms with Gasteiger partial charge in [-0.3, -0.25) is 0 Å². The summed E-state index contributed by atoms with van der Waals surface area (Å²) >= 11 is 0. The van der Waals surface area contributed by atoms with Crippen LogP contribution in [0.15, 0.2) is 12.3 Å². The first kappa shape index (κ1) is 4.18. The van der Waals surface area contributed by atoms with Crippen molar-refractivity contribution >= 4 is 5.69 Å². The molecule has 0 saturated heterocycles. The molecule has 3 heteroatoms. The fourth-order valence-electron chi connectivity index (χ4n) is 0.361. The van der Waals surface area contributed by atoms with Gasteiger partial charge in [-0.05, 0) is 6.07 Å². The first-order chi connectivity index (χ1) is 3.30. The largest absolute Gasteiger partial charge is 0.395 e. The van der Waals surface area contributed by atoms with Gasteiger partial charge in [-0.1, -0.05) is 0 Å². The Labute approximate surface area is 40.1 Å². The van der Waals surface area contributed by atoms with Crippen LogP contribution in [-0.2, 0) is 0 Å². The van der Waals surface area contributed by atoms with Gasteiger partial charge in [0.15, 0.2) is 0 Å². The Morgan fingerprint density at radius 3 is 2.57 bits per heavy atom. The van der Waals surface area contributed by atoms with E-state index in [0.717, 1.165) is 0 Å². The third-order valence-corrected chi connectivity index (χ3v) is 0.726. The summed E-state index contributed by atoms with van der Waals surface area (Å²) in [5.41, 5.74) is 5.20. The first-order valence-electron chi connectivity index (χ1n) is 1.89. The summed E-state index contributed by atoms with van der Waals surface area (Å²) in [6, 6.07) is 1.47. The van der Waals surface area contributed by atoms with Crippen LogP contribution in [0, 0.1) is 5.95 Å². The van der Waals surface area contributed by atoms with Crippen molar-refractivity contribution in [3.8, 4) is 0 Å². The minimum Gasteiger partial charge on any atom is -0.395 e. The quantitative estimate of drug-likeness (QED) is 0.496. The molecule has 0 aliphatic carbocycles. The molecule has 0 aromatic carbocycles. The van der Waals surface area contributed by atoms with Crippen molar-refractivity contribution in [2.45, 2.75) is 0 Å². The zero-order valence-electron chi connectivity index (χ0n) is 3.61. The molecule has 0 unspecified atom stereocenters. The van der Waals surface area contributed by atoms with Gasteiger partial charge in [0.25, 0.3) is 0 Å². The maximum absolute atomic E-state index is 11.9. The molecule has 1 aromatic heterocycles. The van der Waals surface area contributed by atoms with Crippen molar-refractivity contribution in [2.75, 3.05) is 5.73 Å². The minimum absolute atomic E-state index is 0.167. The van der Waals surface area contributed by atoms with E-state index in [1.807, 2.05) is 0 Å². The summed E-state index contributed by atoms with van der Waals surface area (Å²) < 4.78 is 11.9. The molecule has 0 aliphatic rings. The normalized spacial score (nSPS) is 9.29. The molecule has 0 atom stereocenters. The molecule has 1 aromatic rings. The van der Waals surface area contributed by atoms with E-state index >= 15 is 0 Å². The van der Waals surface area contributed by atoms with Crippen LogP contribution in [0.2, 0.25) is 0 Å². The predicted molar refractivity (Wildman–Crippen MR) is 25.2 cm³/mol. The summed E-state index contributed by atoms with van der Waals surface area (Å²) in [7, 11) is 0. The maximum atomic E-state index is 11.9. The number of nitrogens with two attached hydrogens (primary N) is 1. The Kier molecular flexibility index (Phi) is 0.749. The highest BCUT2D eigenvalue weighted by molar-refractivity contribution is 5.35. The first-order valence-corrected chi connectivity index (χ1v) is 1.89. The lowest BCUT2D eigenvalue weighted by Gasteiger charge is -1.77. The van der Waals surface area contributed by atoms with Crippen molar-refractivity contribution in [2.24, 2.45) is 0 Å². The average molecular weight is 100 g/mol. The van der Waals surface area contributed by atoms with E-state index in [9.17, 15) is 4.39 Å². The molecule has 0 aliphatic heterocycles. The number of H-pyrrole nitrogens is 1. The molecule has 0 radical (unpaired) electrons. The highest BCUT2D eigenvalue weighted by atomic mass is 19.1. The molecule has 0 saturated carbocycles. The lowest BCUT2D eigenvalue weighted by Crippen LogP contribution is -1.83. The molecular weight excluding hydrogens is 95.1 g/mol. The summed E-state index contributed by atoms with van der Waals surface area (Å²) in [5.74, 6) is -0.458. The Balaban J connectivity index is 3.12. The summed E-state index contributed by atoms with van der Waals surface area (Å²) in [5, 5.41) is 0. The van der Waals surface area contributed by atoms with Crippen molar-refractivity contribution < 1.29 is 4.39 Å². The molecule has 0 bridgehead atoms. The second-order valence-electron chi connectivity index (χ2n) is 1.25. The number of hydrogen-bond acceptors (Lipinski definition) is 1. The van der Waals surface area contributed by atoms with E-state index in [2.05, 4.69) is 4.98 Å². The van der Waals surface area contributed by atoms with E-state index in [0.29, 0.717) is 0 Å². The lowest BCUT2D eigenvalue weighted by atomic mass is 10.6. The molecule has 0 fully saturated rings. The van der Waals surface area contributed by atoms with Crippen LogP contribution in [0.4, 0.5) is 10.1 Å². The van der Waals surface area contributed by atoms with Gasteiger partial charge >= 0.3 is 0 Å². The van der Waals surface area contributed by atoms with Gasteiger partial charge in [0.1, 0.15) is 0 Å². The third kappa shape index (κ3) is 0.559. The Morgan fingerprint density at radius 2 is 2.43 bits per heavy atom. The van der Waals surface area contributed by atoms with Crippen LogP contribution >= 0.6 is 0 Å². The van der Waals surface area contributed by atoms with Crippen LogP contribution in [0.3, 0.4) is 0 Å². The highest BCUT2D eigenvalue weighted by Gasteiger charge is 1.91. The maximum Gasteiger partial charge on any atom is 0.214 e. The second-order valence-corrected chi connectivity index (χ2v) is 1.25. The Bertz CT molecular complexity index is 142. The van der Waals surface area contributed by atoms with Crippen LogP contribution in [0.25, 0.3) is 0 Å². The number of rotatable bonds is 0. The summed E-state index contributed by atoms with van der Waals surface area (Å²) in [6.07, 6.45) is 1.45. The molecule has 7 heavy (non-hydrogen) atoms. The molecular formula is C4H5FN2. The van der Waals surface area contributed by atoms with Crippen LogP contribution in [0.5, 0.6) is 0 Å². The van der Waals surface area contributed by atoms with Gasteiger partial charge in [0, 0.05) is 6.20 Å². The number of anilines is 1.